The summed E-state index contributed by atoms with van der Waals surface area (Å²) in [5.74, 6) is 0.983. The van der Waals surface area contributed by atoms with E-state index in [-0.39, 0.29) is 0 Å². The molecular weight excluding hydrogens is 330 g/mol. The SMILES string of the molecule is CC(C)NCc1oc2ccccc2c1Cn1cc(Br)cn1. The Labute approximate surface area is 132 Å². The molecule has 0 spiro atoms. The van der Waals surface area contributed by atoms with Crippen LogP contribution >= 0.6 is 15.9 Å². The highest BCUT2D eigenvalue weighted by molar-refractivity contribution is 9.10. The fourth-order valence-electron chi connectivity index (χ4n) is 2.35. The Bertz CT molecular complexity index is 745. The number of benzene rings is 1. The maximum absolute atomic E-state index is 6.01. The van der Waals surface area contributed by atoms with Crippen LogP contribution in [0.3, 0.4) is 0 Å². The first-order valence-electron chi connectivity index (χ1n) is 7.04. The molecule has 2 aromatic heterocycles. The van der Waals surface area contributed by atoms with Gasteiger partial charge < -0.3 is 9.73 Å². The van der Waals surface area contributed by atoms with Crippen LogP contribution in [0.2, 0.25) is 0 Å². The van der Waals surface area contributed by atoms with Gasteiger partial charge in [0, 0.05) is 23.2 Å². The van der Waals surface area contributed by atoms with Crippen LogP contribution in [-0.2, 0) is 13.1 Å². The minimum Gasteiger partial charge on any atom is -0.459 e. The van der Waals surface area contributed by atoms with Crippen LogP contribution in [0.25, 0.3) is 11.0 Å². The van der Waals surface area contributed by atoms with Crippen LogP contribution < -0.4 is 5.32 Å². The van der Waals surface area contributed by atoms with Crippen molar-refractivity contribution >= 4 is 26.9 Å². The lowest BCUT2D eigenvalue weighted by molar-refractivity contribution is 0.480. The van der Waals surface area contributed by atoms with E-state index in [0.29, 0.717) is 12.6 Å². The summed E-state index contributed by atoms with van der Waals surface area (Å²) >= 11 is 3.44. The highest BCUT2D eigenvalue weighted by Gasteiger charge is 2.14. The third-order valence-corrected chi connectivity index (χ3v) is 3.78. The molecule has 2 heterocycles. The second-order valence-electron chi connectivity index (χ2n) is 5.39. The van der Waals surface area contributed by atoms with Crippen molar-refractivity contribution in [2.24, 2.45) is 0 Å². The van der Waals surface area contributed by atoms with E-state index in [2.05, 4.69) is 46.3 Å². The largest absolute Gasteiger partial charge is 0.459 e. The van der Waals surface area contributed by atoms with Gasteiger partial charge in [-0.15, -0.1) is 0 Å². The Morgan fingerprint density at radius 3 is 2.86 bits per heavy atom. The number of nitrogens with one attached hydrogen (secondary N) is 1. The molecule has 0 unspecified atom stereocenters. The molecule has 1 aromatic carbocycles. The number of hydrogen-bond acceptors (Lipinski definition) is 3. The lowest BCUT2D eigenvalue weighted by Gasteiger charge is -2.08. The Morgan fingerprint density at radius 2 is 2.14 bits per heavy atom. The zero-order valence-electron chi connectivity index (χ0n) is 12.1. The maximum atomic E-state index is 6.01. The average Bonchev–Trinajstić information content (AvgIpc) is 3.01. The quantitative estimate of drug-likeness (QED) is 0.760. The van der Waals surface area contributed by atoms with Crippen molar-refractivity contribution in [1.29, 1.82) is 0 Å². The first kappa shape index (κ1) is 14.4. The van der Waals surface area contributed by atoms with E-state index in [1.807, 2.05) is 29.1 Å². The van der Waals surface area contributed by atoms with Crippen LogP contribution in [0.15, 0.2) is 45.5 Å². The van der Waals surface area contributed by atoms with E-state index in [1.165, 1.54) is 5.56 Å². The zero-order chi connectivity index (χ0) is 14.8. The van der Waals surface area contributed by atoms with Gasteiger partial charge in [0.25, 0.3) is 0 Å². The molecular formula is C16H18BrN3O. The van der Waals surface area contributed by atoms with E-state index in [9.17, 15) is 0 Å². The lowest BCUT2D eigenvalue weighted by Crippen LogP contribution is -2.22. The van der Waals surface area contributed by atoms with Gasteiger partial charge in [-0.05, 0) is 22.0 Å². The third-order valence-electron chi connectivity index (χ3n) is 3.37. The summed E-state index contributed by atoms with van der Waals surface area (Å²) in [6, 6.07) is 8.58. The molecule has 0 saturated carbocycles. The van der Waals surface area contributed by atoms with E-state index in [1.54, 1.807) is 6.20 Å². The lowest BCUT2D eigenvalue weighted by atomic mass is 10.1. The van der Waals surface area contributed by atoms with Crippen molar-refractivity contribution in [1.82, 2.24) is 15.1 Å². The van der Waals surface area contributed by atoms with Gasteiger partial charge in [-0.2, -0.15) is 5.10 Å². The standard InChI is InChI=1S/C16H18BrN3O/c1-11(2)18-8-16-14(10-20-9-12(17)7-19-20)13-5-3-4-6-15(13)21-16/h3-7,9,11,18H,8,10H2,1-2H3. The second-order valence-corrected chi connectivity index (χ2v) is 6.31. The molecule has 0 bridgehead atoms. The fourth-order valence-corrected chi connectivity index (χ4v) is 2.68. The predicted octanol–water partition coefficient (Wildman–Crippen LogP) is 3.94. The summed E-state index contributed by atoms with van der Waals surface area (Å²) in [5, 5.41) is 8.92. The van der Waals surface area contributed by atoms with Gasteiger partial charge in [0.2, 0.25) is 0 Å². The van der Waals surface area contributed by atoms with E-state index in [4.69, 9.17) is 4.42 Å². The Hall–Kier alpha value is -1.59. The average molecular weight is 348 g/mol. The number of rotatable bonds is 5. The summed E-state index contributed by atoms with van der Waals surface area (Å²) < 4.78 is 8.91. The molecule has 5 heteroatoms. The fraction of sp³-hybridized carbons (Fsp3) is 0.312. The van der Waals surface area contributed by atoms with Gasteiger partial charge >= 0.3 is 0 Å². The summed E-state index contributed by atoms with van der Waals surface area (Å²) in [6.07, 6.45) is 3.77. The third kappa shape index (κ3) is 3.19. The molecule has 3 rings (SSSR count). The van der Waals surface area contributed by atoms with Crippen molar-refractivity contribution in [3.8, 4) is 0 Å². The van der Waals surface area contributed by atoms with E-state index in [0.717, 1.165) is 27.7 Å². The number of fused-ring (bicyclic) bond motifs is 1. The molecule has 0 aliphatic rings. The molecule has 0 aliphatic heterocycles. The molecule has 21 heavy (non-hydrogen) atoms. The Balaban J connectivity index is 1.98. The van der Waals surface area contributed by atoms with E-state index >= 15 is 0 Å². The van der Waals surface area contributed by atoms with Gasteiger partial charge in [-0.25, -0.2) is 0 Å². The Kier molecular flexibility index (Phi) is 4.12. The maximum Gasteiger partial charge on any atom is 0.134 e. The molecule has 1 N–H and O–H groups in total. The minimum absolute atomic E-state index is 0.421. The van der Waals surface area contributed by atoms with Crippen LogP contribution in [-0.4, -0.2) is 15.8 Å². The van der Waals surface area contributed by atoms with Crippen molar-refractivity contribution in [2.75, 3.05) is 0 Å². The van der Waals surface area contributed by atoms with Crippen LogP contribution in [0, 0.1) is 0 Å². The molecule has 0 atom stereocenters. The first-order valence-corrected chi connectivity index (χ1v) is 7.83. The number of nitrogens with zero attached hydrogens (tertiary/aromatic N) is 2. The molecule has 3 aromatic rings. The molecule has 0 radical (unpaired) electrons. The number of hydrogen-bond donors (Lipinski definition) is 1. The van der Waals surface area contributed by atoms with Crippen molar-refractivity contribution in [2.45, 2.75) is 33.0 Å². The normalized spacial score (nSPS) is 11.6. The minimum atomic E-state index is 0.421. The summed E-state index contributed by atoms with van der Waals surface area (Å²) in [5.41, 5.74) is 2.12. The van der Waals surface area contributed by atoms with Gasteiger partial charge in [-0.3, -0.25) is 4.68 Å². The van der Waals surface area contributed by atoms with Gasteiger partial charge in [0.1, 0.15) is 11.3 Å². The first-order chi connectivity index (χ1) is 10.1. The van der Waals surface area contributed by atoms with Gasteiger partial charge in [0.05, 0.1) is 23.8 Å². The molecule has 110 valence electrons. The molecule has 0 aliphatic carbocycles. The molecule has 0 amide bonds. The molecule has 4 nitrogen and oxygen atoms in total. The molecule has 0 saturated heterocycles. The van der Waals surface area contributed by atoms with Crippen LogP contribution in [0.4, 0.5) is 0 Å². The highest BCUT2D eigenvalue weighted by Crippen LogP contribution is 2.27. The second kappa shape index (κ2) is 6.03. The monoisotopic (exact) mass is 347 g/mol. The number of halogens is 1. The predicted molar refractivity (Wildman–Crippen MR) is 87.2 cm³/mol. The topological polar surface area (TPSA) is 43.0 Å². The van der Waals surface area contributed by atoms with Gasteiger partial charge in [0.15, 0.2) is 0 Å². The number of furan rings is 1. The number of para-hydroxylation sites is 1. The van der Waals surface area contributed by atoms with Crippen molar-refractivity contribution in [3.63, 3.8) is 0 Å². The summed E-state index contributed by atoms with van der Waals surface area (Å²) in [7, 11) is 0. The summed E-state index contributed by atoms with van der Waals surface area (Å²) in [6.45, 7) is 5.70. The number of aromatic nitrogens is 2. The van der Waals surface area contributed by atoms with Gasteiger partial charge in [-0.1, -0.05) is 32.0 Å². The van der Waals surface area contributed by atoms with Crippen molar-refractivity contribution < 1.29 is 4.42 Å². The Morgan fingerprint density at radius 1 is 1.33 bits per heavy atom. The zero-order valence-corrected chi connectivity index (χ0v) is 13.7. The summed E-state index contributed by atoms with van der Waals surface area (Å²) in [4.78, 5) is 0. The highest BCUT2D eigenvalue weighted by atomic mass is 79.9. The van der Waals surface area contributed by atoms with E-state index < -0.39 is 0 Å². The molecule has 0 fully saturated rings. The smallest absolute Gasteiger partial charge is 0.134 e. The van der Waals surface area contributed by atoms with Crippen LogP contribution in [0.5, 0.6) is 0 Å². The van der Waals surface area contributed by atoms with Crippen molar-refractivity contribution in [3.05, 3.63) is 52.5 Å². The van der Waals surface area contributed by atoms with Crippen LogP contribution in [0.1, 0.15) is 25.2 Å².